The first-order chi connectivity index (χ1) is 9.25. The van der Waals surface area contributed by atoms with Gasteiger partial charge in [0, 0.05) is 0 Å². The first-order valence-electron chi connectivity index (χ1n) is 7.22. The summed E-state index contributed by atoms with van der Waals surface area (Å²) in [5.74, 6) is -2.45. The fourth-order valence-corrected chi connectivity index (χ4v) is 3.01. The molecule has 3 nitrogen and oxygen atoms in total. The quantitative estimate of drug-likeness (QED) is 0.790. The van der Waals surface area contributed by atoms with Crippen LogP contribution in [0.2, 0.25) is 0 Å². The van der Waals surface area contributed by atoms with Crippen LogP contribution in [-0.2, 0) is 9.53 Å². The third-order valence-electron chi connectivity index (χ3n) is 4.13. The molecular weight excluding hydrogens is 273 g/mol. The highest BCUT2D eigenvalue weighted by Gasteiger charge is 2.49. The number of esters is 1. The molecule has 1 rings (SSSR count). The van der Waals surface area contributed by atoms with Gasteiger partial charge in [0.2, 0.25) is 0 Å². The van der Waals surface area contributed by atoms with Gasteiger partial charge in [0.05, 0.1) is 12.5 Å². The lowest BCUT2D eigenvalue weighted by molar-refractivity contribution is -0.194. The van der Waals surface area contributed by atoms with E-state index in [9.17, 15) is 23.1 Å². The molecule has 1 atom stereocenters. The van der Waals surface area contributed by atoms with E-state index in [0.29, 0.717) is 6.42 Å². The third-order valence-corrected chi connectivity index (χ3v) is 4.13. The Balaban J connectivity index is 2.73. The first kappa shape index (κ1) is 17.3. The number of carbonyl (C=O) groups excluding carboxylic acids is 1. The molecule has 1 aliphatic rings. The summed E-state index contributed by atoms with van der Waals surface area (Å²) in [5, 5.41) is 10.6. The van der Waals surface area contributed by atoms with Gasteiger partial charge in [-0.15, -0.1) is 0 Å². The fraction of sp³-hybridized carbons (Fsp3) is 0.929. The van der Waals surface area contributed by atoms with Gasteiger partial charge >= 0.3 is 12.1 Å². The summed E-state index contributed by atoms with van der Waals surface area (Å²) in [6.45, 7) is 3.62. The van der Waals surface area contributed by atoms with Crippen LogP contribution < -0.4 is 0 Å². The molecule has 0 bridgehead atoms. The van der Waals surface area contributed by atoms with Gasteiger partial charge in [0.25, 0.3) is 0 Å². The molecule has 0 amide bonds. The minimum Gasteiger partial charge on any atom is -0.464 e. The molecule has 1 fully saturated rings. The van der Waals surface area contributed by atoms with Crippen LogP contribution in [0.3, 0.4) is 0 Å². The van der Waals surface area contributed by atoms with Crippen molar-refractivity contribution in [2.24, 2.45) is 11.8 Å². The zero-order valence-electron chi connectivity index (χ0n) is 12.0. The topological polar surface area (TPSA) is 46.5 Å². The molecule has 118 valence electrons. The minimum atomic E-state index is -4.18. The Hall–Kier alpha value is -0.780. The lowest BCUT2D eigenvalue weighted by atomic mass is 9.71. The van der Waals surface area contributed by atoms with Gasteiger partial charge in [0.15, 0.2) is 5.60 Å². The predicted octanol–water partition coefficient (Wildman–Crippen LogP) is 3.45. The standard InChI is InChI=1S/C14H23F3O3/c1-3-9-13(19,12(18)20-4-2)10-5-7-11(8-6-10)14(15,16)17/h10-11,19H,3-9H2,1-2H3. The van der Waals surface area contributed by atoms with E-state index in [4.69, 9.17) is 4.74 Å². The number of ether oxygens (including phenoxy) is 1. The highest BCUT2D eigenvalue weighted by molar-refractivity contribution is 5.79. The van der Waals surface area contributed by atoms with Crippen LogP contribution in [-0.4, -0.2) is 29.5 Å². The zero-order chi connectivity index (χ0) is 15.4. The fourth-order valence-electron chi connectivity index (χ4n) is 3.01. The summed E-state index contributed by atoms with van der Waals surface area (Å²) in [7, 11) is 0. The predicted molar refractivity (Wildman–Crippen MR) is 68.0 cm³/mol. The summed E-state index contributed by atoms with van der Waals surface area (Å²) in [6.07, 6.45) is -3.02. The molecule has 0 radical (unpaired) electrons. The van der Waals surface area contributed by atoms with Crippen molar-refractivity contribution in [2.75, 3.05) is 6.61 Å². The smallest absolute Gasteiger partial charge is 0.391 e. The summed E-state index contributed by atoms with van der Waals surface area (Å²) >= 11 is 0. The lowest BCUT2D eigenvalue weighted by Crippen LogP contribution is -2.49. The normalized spacial score (nSPS) is 26.9. The number of rotatable bonds is 5. The average Bonchev–Trinajstić information content (AvgIpc) is 2.38. The lowest BCUT2D eigenvalue weighted by Gasteiger charge is -2.38. The van der Waals surface area contributed by atoms with Crippen molar-refractivity contribution >= 4 is 5.97 Å². The molecule has 0 aromatic carbocycles. The van der Waals surface area contributed by atoms with E-state index < -0.39 is 29.6 Å². The van der Waals surface area contributed by atoms with Gasteiger partial charge in [-0.2, -0.15) is 13.2 Å². The van der Waals surface area contributed by atoms with Crippen molar-refractivity contribution in [1.82, 2.24) is 0 Å². The van der Waals surface area contributed by atoms with E-state index in [1.54, 1.807) is 6.92 Å². The number of alkyl halides is 3. The molecular formula is C14H23F3O3. The molecule has 0 aromatic rings. The third kappa shape index (κ3) is 3.87. The Morgan fingerprint density at radius 1 is 1.15 bits per heavy atom. The molecule has 20 heavy (non-hydrogen) atoms. The van der Waals surface area contributed by atoms with Crippen molar-refractivity contribution in [1.29, 1.82) is 0 Å². The zero-order valence-corrected chi connectivity index (χ0v) is 12.0. The van der Waals surface area contributed by atoms with Gasteiger partial charge in [0.1, 0.15) is 0 Å². The Labute approximate surface area is 117 Å². The highest BCUT2D eigenvalue weighted by Crippen LogP contribution is 2.44. The van der Waals surface area contributed by atoms with E-state index >= 15 is 0 Å². The maximum absolute atomic E-state index is 12.6. The van der Waals surface area contributed by atoms with Crippen molar-refractivity contribution < 1.29 is 27.8 Å². The molecule has 1 saturated carbocycles. The van der Waals surface area contributed by atoms with Gasteiger partial charge in [-0.05, 0) is 44.9 Å². The monoisotopic (exact) mass is 296 g/mol. The number of hydrogen-bond donors (Lipinski definition) is 1. The van der Waals surface area contributed by atoms with Gasteiger partial charge < -0.3 is 9.84 Å². The van der Waals surface area contributed by atoms with E-state index in [0.717, 1.165) is 0 Å². The average molecular weight is 296 g/mol. The second kappa shape index (κ2) is 6.78. The maximum atomic E-state index is 12.6. The van der Waals surface area contributed by atoms with Crippen molar-refractivity contribution in [3.63, 3.8) is 0 Å². The summed E-state index contributed by atoms with van der Waals surface area (Å²) in [4.78, 5) is 11.9. The molecule has 1 unspecified atom stereocenters. The summed E-state index contributed by atoms with van der Waals surface area (Å²) < 4.78 is 42.8. The largest absolute Gasteiger partial charge is 0.464 e. The summed E-state index contributed by atoms with van der Waals surface area (Å²) in [5.41, 5.74) is -1.64. The Morgan fingerprint density at radius 2 is 1.65 bits per heavy atom. The SMILES string of the molecule is CCCC(O)(C(=O)OCC)C1CCC(C(F)(F)F)CC1. The van der Waals surface area contributed by atoms with E-state index in [-0.39, 0.29) is 38.7 Å². The number of hydrogen-bond acceptors (Lipinski definition) is 3. The number of halogens is 3. The number of aliphatic hydroxyl groups is 1. The van der Waals surface area contributed by atoms with Crippen LogP contribution in [0.4, 0.5) is 13.2 Å². The molecule has 1 aliphatic carbocycles. The van der Waals surface area contributed by atoms with Gasteiger partial charge in [-0.3, -0.25) is 0 Å². The van der Waals surface area contributed by atoms with Crippen molar-refractivity contribution in [3.05, 3.63) is 0 Å². The molecule has 0 aromatic heterocycles. The van der Waals surface area contributed by atoms with Crippen LogP contribution in [0.25, 0.3) is 0 Å². The van der Waals surface area contributed by atoms with Crippen molar-refractivity contribution in [3.8, 4) is 0 Å². The molecule has 0 spiro atoms. The Kier molecular flexibility index (Phi) is 5.86. The van der Waals surface area contributed by atoms with Gasteiger partial charge in [-0.1, -0.05) is 13.3 Å². The van der Waals surface area contributed by atoms with E-state index in [2.05, 4.69) is 0 Å². The van der Waals surface area contributed by atoms with Crippen LogP contribution in [0.15, 0.2) is 0 Å². The second-order valence-corrected chi connectivity index (χ2v) is 5.48. The Morgan fingerprint density at radius 3 is 2.05 bits per heavy atom. The van der Waals surface area contributed by atoms with E-state index in [1.165, 1.54) is 0 Å². The van der Waals surface area contributed by atoms with Crippen LogP contribution >= 0.6 is 0 Å². The molecule has 0 saturated heterocycles. The Bertz CT molecular complexity index is 322. The maximum Gasteiger partial charge on any atom is 0.391 e. The number of carbonyl (C=O) groups is 1. The molecule has 0 aliphatic heterocycles. The van der Waals surface area contributed by atoms with Crippen LogP contribution in [0.5, 0.6) is 0 Å². The second-order valence-electron chi connectivity index (χ2n) is 5.48. The molecule has 0 heterocycles. The van der Waals surface area contributed by atoms with Crippen LogP contribution in [0.1, 0.15) is 52.4 Å². The summed E-state index contributed by atoms with van der Waals surface area (Å²) in [6, 6.07) is 0. The minimum absolute atomic E-state index is 0.0282. The molecule has 6 heteroatoms. The van der Waals surface area contributed by atoms with Crippen LogP contribution in [0, 0.1) is 11.8 Å². The highest BCUT2D eigenvalue weighted by atomic mass is 19.4. The van der Waals surface area contributed by atoms with Crippen molar-refractivity contribution in [2.45, 2.75) is 64.1 Å². The molecule has 1 N–H and O–H groups in total. The van der Waals surface area contributed by atoms with E-state index in [1.807, 2.05) is 6.92 Å². The first-order valence-corrected chi connectivity index (χ1v) is 7.22. The van der Waals surface area contributed by atoms with Gasteiger partial charge in [-0.25, -0.2) is 4.79 Å².